The van der Waals surface area contributed by atoms with Gasteiger partial charge < -0.3 is 15.2 Å². The third-order valence-electron chi connectivity index (χ3n) is 3.14. The van der Waals surface area contributed by atoms with E-state index in [1.807, 2.05) is 48.5 Å². The van der Waals surface area contributed by atoms with Crippen LogP contribution in [0.3, 0.4) is 0 Å². The molecule has 0 radical (unpaired) electrons. The van der Waals surface area contributed by atoms with Gasteiger partial charge in [-0.1, -0.05) is 24.3 Å². The molecule has 1 amide bonds. The van der Waals surface area contributed by atoms with Crippen molar-refractivity contribution in [1.82, 2.24) is 0 Å². The van der Waals surface area contributed by atoms with Crippen LogP contribution in [0.5, 0.6) is 5.75 Å². The number of aliphatic hydroxyl groups excluding tert-OH is 1. The lowest BCUT2D eigenvalue weighted by atomic mass is 10.1. The number of ether oxygens (including phenoxy) is 1. The molecule has 4 nitrogen and oxygen atoms in total. The lowest BCUT2D eigenvalue weighted by Gasteiger charge is -2.07. The van der Waals surface area contributed by atoms with E-state index < -0.39 is 0 Å². The summed E-state index contributed by atoms with van der Waals surface area (Å²) in [7, 11) is 1.60. The minimum atomic E-state index is -0.0711. The molecule has 0 heterocycles. The fourth-order valence-corrected chi connectivity index (χ4v) is 2.06. The highest BCUT2D eigenvalue weighted by Crippen LogP contribution is 2.14. The number of rotatable bonds is 6. The Morgan fingerprint density at radius 2 is 1.90 bits per heavy atom. The molecule has 0 spiro atoms. The number of carbonyl (C=O) groups excluding carboxylic acids is 1. The second-order valence-electron chi connectivity index (χ2n) is 4.75. The molecule has 0 atom stereocenters. The zero-order valence-electron chi connectivity index (χ0n) is 12.0. The highest BCUT2D eigenvalue weighted by molar-refractivity contribution is 5.92. The molecule has 0 saturated heterocycles. The molecule has 0 aromatic heterocycles. The standard InChI is InChI=1S/C17H19NO3/c1-21-16-4-2-3-14(11-16)12-17(20)18-15-7-5-13(6-8-15)9-10-19/h2-8,11,19H,9-10,12H2,1H3,(H,18,20). The molecule has 2 aromatic rings. The van der Waals surface area contributed by atoms with Crippen LogP contribution >= 0.6 is 0 Å². The Kier molecular flexibility index (Phi) is 5.35. The van der Waals surface area contributed by atoms with Crippen molar-refractivity contribution < 1.29 is 14.6 Å². The van der Waals surface area contributed by atoms with E-state index in [1.165, 1.54) is 0 Å². The summed E-state index contributed by atoms with van der Waals surface area (Å²) < 4.78 is 5.14. The summed E-state index contributed by atoms with van der Waals surface area (Å²) in [5.41, 5.74) is 2.71. The van der Waals surface area contributed by atoms with Gasteiger partial charge in [-0.05, 0) is 41.8 Å². The first kappa shape index (κ1) is 15.1. The van der Waals surface area contributed by atoms with E-state index in [0.717, 1.165) is 22.6 Å². The molecule has 0 aliphatic carbocycles. The number of nitrogens with one attached hydrogen (secondary N) is 1. The zero-order valence-corrected chi connectivity index (χ0v) is 12.0. The Hall–Kier alpha value is -2.33. The van der Waals surface area contributed by atoms with E-state index in [2.05, 4.69) is 5.32 Å². The monoisotopic (exact) mass is 285 g/mol. The zero-order chi connectivity index (χ0) is 15.1. The summed E-state index contributed by atoms with van der Waals surface area (Å²) in [6.07, 6.45) is 0.924. The van der Waals surface area contributed by atoms with E-state index in [9.17, 15) is 4.79 Å². The molecule has 110 valence electrons. The molecule has 0 fully saturated rings. The molecular formula is C17H19NO3. The molecule has 0 saturated carbocycles. The maximum Gasteiger partial charge on any atom is 0.228 e. The lowest BCUT2D eigenvalue weighted by molar-refractivity contribution is -0.115. The minimum absolute atomic E-state index is 0.0711. The van der Waals surface area contributed by atoms with Crippen LogP contribution < -0.4 is 10.1 Å². The summed E-state index contributed by atoms with van der Waals surface area (Å²) in [6, 6.07) is 14.9. The van der Waals surface area contributed by atoms with Gasteiger partial charge in [0.2, 0.25) is 5.91 Å². The van der Waals surface area contributed by atoms with Crippen molar-refractivity contribution in [1.29, 1.82) is 0 Å². The Bertz CT molecular complexity index is 593. The molecule has 21 heavy (non-hydrogen) atoms. The fraction of sp³-hybridized carbons (Fsp3) is 0.235. The number of carbonyl (C=O) groups is 1. The predicted molar refractivity (Wildman–Crippen MR) is 82.6 cm³/mol. The Labute approximate surface area is 124 Å². The number of benzene rings is 2. The number of hydrogen-bond acceptors (Lipinski definition) is 3. The van der Waals surface area contributed by atoms with E-state index in [-0.39, 0.29) is 12.5 Å². The Morgan fingerprint density at radius 1 is 1.14 bits per heavy atom. The van der Waals surface area contributed by atoms with Gasteiger partial charge >= 0.3 is 0 Å². The maximum absolute atomic E-state index is 12.0. The smallest absolute Gasteiger partial charge is 0.228 e. The third kappa shape index (κ3) is 4.61. The average molecular weight is 285 g/mol. The number of anilines is 1. The molecular weight excluding hydrogens is 266 g/mol. The van der Waals surface area contributed by atoms with Gasteiger partial charge in [0.15, 0.2) is 0 Å². The Balaban J connectivity index is 1.94. The number of hydrogen-bond donors (Lipinski definition) is 2. The molecule has 2 N–H and O–H groups in total. The molecule has 0 unspecified atom stereocenters. The van der Waals surface area contributed by atoms with E-state index in [0.29, 0.717) is 12.8 Å². The normalized spacial score (nSPS) is 10.2. The van der Waals surface area contributed by atoms with Gasteiger partial charge in [0.25, 0.3) is 0 Å². The largest absolute Gasteiger partial charge is 0.497 e. The molecule has 0 aliphatic heterocycles. The highest BCUT2D eigenvalue weighted by atomic mass is 16.5. The molecule has 4 heteroatoms. The number of aliphatic hydroxyl groups is 1. The van der Waals surface area contributed by atoms with Crippen LogP contribution in [0.25, 0.3) is 0 Å². The second-order valence-corrected chi connectivity index (χ2v) is 4.75. The predicted octanol–water partition coefficient (Wildman–Crippen LogP) is 2.41. The van der Waals surface area contributed by atoms with Crippen molar-refractivity contribution in [2.75, 3.05) is 19.0 Å². The second kappa shape index (κ2) is 7.45. The topological polar surface area (TPSA) is 58.6 Å². The van der Waals surface area contributed by atoms with Crippen LogP contribution in [0.15, 0.2) is 48.5 Å². The SMILES string of the molecule is COc1cccc(CC(=O)Nc2ccc(CCO)cc2)c1. The fourth-order valence-electron chi connectivity index (χ4n) is 2.06. The summed E-state index contributed by atoms with van der Waals surface area (Å²) in [6.45, 7) is 0.127. The van der Waals surface area contributed by atoms with Crippen LogP contribution in [0, 0.1) is 0 Å². The summed E-state index contributed by atoms with van der Waals surface area (Å²) >= 11 is 0. The van der Waals surface area contributed by atoms with Crippen LogP contribution in [0.2, 0.25) is 0 Å². The van der Waals surface area contributed by atoms with Crippen LogP contribution in [-0.4, -0.2) is 24.7 Å². The minimum Gasteiger partial charge on any atom is -0.497 e. The first-order chi connectivity index (χ1) is 10.2. The van der Waals surface area contributed by atoms with Gasteiger partial charge in [0, 0.05) is 12.3 Å². The van der Waals surface area contributed by atoms with Crippen molar-refractivity contribution in [2.24, 2.45) is 0 Å². The van der Waals surface area contributed by atoms with E-state index in [1.54, 1.807) is 7.11 Å². The van der Waals surface area contributed by atoms with Gasteiger partial charge in [-0.3, -0.25) is 4.79 Å². The maximum atomic E-state index is 12.0. The highest BCUT2D eigenvalue weighted by Gasteiger charge is 2.05. The summed E-state index contributed by atoms with van der Waals surface area (Å²) in [5, 5.41) is 11.7. The lowest BCUT2D eigenvalue weighted by Crippen LogP contribution is -2.14. The average Bonchev–Trinajstić information content (AvgIpc) is 2.49. The first-order valence-electron chi connectivity index (χ1n) is 6.84. The molecule has 2 rings (SSSR count). The third-order valence-corrected chi connectivity index (χ3v) is 3.14. The van der Waals surface area contributed by atoms with Crippen molar-refractivity contribution >= 4 is 11.6 Å². The molecule has 2 aromatic carbocycles. The molecule has 0 aliphatic rings. The van der Waals surface area contributed by atoms with Crippen LogP contribution in [0.1, 0.15) is 11.1 Å². The van der Waals surface area contributed by atoms with Crippen LogP contribution in [-0.2, 0) is 17.6 Å². The van der Waals surface area contributed by atoms with Crippen molar-refractivity contribution in [3.8, 4) is 5.75 Å². The summed E-state index contributed by atoms with van der Waals surface area (Å²) in [5.74, 6) is 0.673. The summed E-state index contributed by atoms with van der Waals surface area (Å²) in [4.78, 5) is 12.0. The van der Waals surface area contributed by atoms with Gasteiger partial charge in [-0.15, -0.1) is 0 Å². The van der Waals surface area contributed by atoms with Crippen molar-refractivity contribution in [3.05, 3.63) is 59.7 Å². The van der Waals surface area contributed by atoms with Gasteiger partial charge in [-0.2, -0.15) is 0 Å². The van der Waals surface area contributed by atoms with Gasteiger partial charge in [0.1, 0.15) is 5.75 Å². The molecule has 0 bridgehead atoms. The number of amides is 1. The van der Waals surface area contributed by atoms with E-state index in [4.69, 9.17) is 9.84 Å². The first-order valence-corrected chi connectivity index (χ1v) is 6.84. The van der Waals surface area contributed by atoms with Crippen LogP contribution in [0.4, 0.5) is 5.69 Å². The number of methoxy groups -OCH3 is 1. The van der Waals surface area contributed by atoms with Crippen molar-refractivity contribution in [3.63, 3.8) is 0 Å². The van der Waals surface area contributed by atoms with Crippen molar-refractivity contribution in [2.45, 2.75) is 12.8 Å². The quantitative estimate of drug-likeness (QED) is 0.857. The van der Waals surface area contributed by atoms with Gasteiger partial charge in [-0.25, -0.2) is 0 Å². The van der Waals surface area contributed by atoms with Gasteiger partial charge in [0.05, 0.1) is 13.5 Å². The Morgan fingerprint density at radius 3 is 2.57 bits per heavy atom. The van der Waals surface area contributed by atoms with E-state index >= 15 is 0 Å².